The third-order valence-corrected chi connectivity index (χ3v) is 6.11. The van der Waals surface area contributed by atoms with Gasteiger partial charge in [0.2, 0.25) is 5.91 Å². The van der Waals surface area contributed by atoms with Crippen molar-refractivity contribution in [1.29, 1.82) is 0 Å². The van der Waals surface area contributed by atoms with Crippen molar-refractivity contribution in [1.82, 2.24) is 5.43 Å². The third-order valence-electron chi connectivity index (χ3n) is 4.34. The molecule has 1 heterocycles. The average Bonchev–Trinajstić information content (AvgIpc) is 2.75. The second-order valence-electron chi connectivity index (χ2n) is 6.00. The van der Waals surface area contributed by atoms with E-state index < -0.39 is 15.8 Å². The van der Waals surface area contributed by atoms with Gasteiger partial charge in [-0.2, -0.15) is 5.10 Å². The summed E-state index contributed by atoms with van der Waals surface area (Å²) in [5.41, 5.74) is 5.83. The van der Waals surface area contributed by atoms with Crippen molar-refractivity contribution in [2.24, 2.45) is 11.0 Å². The number of benzene rings is 1. The second kappa shape index (κ2) is 6.20. The number of fused-ring (bicyclic) bond motifs is 1. The van der Waals surface area contributed by atoms with Gasteiger partial charge in [-0.3, -0.25) is 4.79 Å². The van der Waals surface area contributed by atoms with Crippen LogP contribution in [0.5, 0.6) is 0 Å². The molecule has 1 fully saturated rings. The number of nitrogens with zero attached hydrogens (tertiary/aromatic N) is 1. The van der Waals surface area contributed by atoms with Gasteiger partial charge in [-0.05, 0) is 37.7 Å². The predicted molar refractivity (Wildman–Crippen MR) is 85.4 cm³/mol. The Bertz CT molecular complexity index is 710. The summed E-state index contributed by atoms with van der Waals surface area (Å²) in [6, 6.07) is 8.13. The summed E-state index contributed by atoms with van der Waals surface area (Å²) in [5, 5.41) is 4.30. The molecule has 2 aliphatic rings. The Morgan fingerprint density at radius 3 is 2.73 bits per heavy atom. The minimum atomic E-state index is -3.05. The molecule has 1 amide bonds. The number of amides is 1. The number of carbonyl (C=O) groups excluding carboxylic acids is 1. The van der Waals surface area contributed by atoms with E-state index in [1.54, 1.807) is 0 Å². The summed E-state index contributed by atoms with van der Waals surface area (Å²) in [5.74, 6) is -0.698. The molecule has 1 atom stereocenters. The largest absolute Gasteiger partial charge is 0.273 e. The van der Waals surface area contributed by atoms with E-state index in [1.807, 2.05) is 18.2 Å². The number of hydrogen-bond acceptors (Lipinski definition) is 4. The zero-order valence-electron chi connectivity index (χ0n) is 12.4. The van der Waals surface area contributed by atoms with Gasteiger partial charge < -0.3 is 0 Å². The molecule has 3 rings (SSSR count). The van der Waals surface area contributed by atoms with Crippen LogP contribution in [0.25, 0.3) is 0 Å². The molecule has 0 bridgehead atoms. The summed E-state index contributed by atoms with van der Waals surface area (Å²) >= 11 is 0. The highest BCUT2D eigenvalue weighted by molar-refractivity contribution is 7.91. The van der Waals surface area contributed by atoms with Gasteiger partial charge in [-0.1, -0.05) is 24.3 Å². The monoisotopic (exact) mass is 320 g/mol. The maximum Gasteiger partial charge on any atom is 0.244 e. The number of rotatable bonds is 2. The normalized spacial score (nSPS) is 25.5. The van der Waals surface area contributed by atoms with Crippen LogP contribution in [-0.4, -0.2) is 31.5 Å². The van der Waals surface area contributed by atoms with Crippen LogP contribution >= 0.6 is 0 Å². The first kappa shape index (κ1) is 15.2. The highest BCUT2D eigenvalue weighted by Gasteiger charge is 2.33. The van der Waals surface area contributed by atoms with Gasteiger partial charge in [0, 0.05) is 5.56 Å². The van der Waals surface area contributed by atoms with Gasteiger partial charge in [0.25, 0.3) is 0 Å². The molecule has 0 unspecified atom stereocenters. The van der Waals surface area contributed by atoms with Crippen molar-refractivity contribution in [2.75, 3.05) is 11.5 Å². The van der Waals surface area contributed by atoms with Gasteiger partial charge in [-0.25, -0.2) is 13.8 Å². The first-order valence-electron chi connectivity index (χ1n) is 7.70. The van der Waals surface area contributed by atoms with E-state index in [-0.39, 0.29) is 17.4 Å². The molecule has 1 saturated heterocycles. The topological polar surface area (TPSA) is 75.6 Å². The number of aryl methyl sites for hydroxylation is 1. The molecule has 118 valence electrons. The molecule has 1 aromatic rings. The quantitative estimate of drug-likeness (QED) is 0.665. The van der Waals surface area contributed by atoms with Crippen molar-refractivity contribution in [3.05, 3.63) is 35.4 Å². The molecule has 5 nitrogen and oxygen atoms in total. The Kier molecular flexibility index (Phi) is 4.29. The van der Waals surface area contributed by atoms with E-state index in [1.165, 1.54) is 5.56 Å². The van der Waals surface area contributed by atoms with E-state index in [4.69, 9.17) is 0 Å². The number of hydrogen-bond donors (Lipinski definition) is 1. The summed E-state index contributed by atoms with van der Waals surface area (Å²) < 4.78 is 22.9. The van der Waals surface area contributed by atoms with Crippen LogP contribution in [0.15, 0.2) is 29.4 Å². The zero-order valence-corrected chi connectivity index (χ0v) is 13.2. The van der Waals surface area contributed by atoms with Gasteiger partial charge in [0.05, 0.1) is 23.1 Å². The van der Waals surface area contributed by atoms with Gasteiger partial charge in [-0.15, -0.1) is 0 Å². The summed E-state index contributed by atoms with van der Waals surface area (Å²) in [6.07, 6.45) is 4.42. The van der Waals surface area contributed by atoms with Crippen LogP contribution in [0.4, 0.5) is 0 Å². The van der Waals surface area contributed by atoms with E-state index in [9.17, 15) is 13.2 Å². The molecule has 0 aromatic heterocycles. The molecule has 1 aliphatic heterocycles. The van der Waals surface area contributed by atoms with Gasteiger partial charge >= 0.3 is 0 Å². The molecule has 6 heteroatoms. The predicted octanol–water partition coefficient (Wildman–Crippen LogP) is 1.67. The van der Waals surface area contributed by atoms with Gasteiger partial charge in [0.1, 0.15) is 0 Å². The van der Waals surface area contributed by atoms with Crippen molar-refractivity contribution >= 4 is 21.5 Å². The zero-order chi connectivity index (χ0) is 15.6. The van der Waals surface area contributed by atoms with Crippen molar-refractivity contribution in [3.63, 3.8) is 0 Å². The molecule has 0 radical (unpaired) electrons. The Morgan fingerprint density at radius 1 is 1.18 bits per heavy atom. The summed E-state index contributed by atoms with van der Waals surface area (Å²) in [6.45, 7) is 0. The lowest BCUT2D eigenvalue weighted by molar-refractivity contribution is -0.124. The Morgan fingerprint density at radius 2 is 1.95 bits per heavy atom. The second-order valence-corrected chi connectivity index (χ2v) is 8.23. The van der Waals surface area contributed by atoms with E-state index in [2.05, 4.69) is 16.6 Å². The lowest BCUT2D eigenvalue weighted by atomic mass is 10.0. The van der Waals surface area contributed by atoms with Crippen molar-refractivity contribution in [3.8, 4) is 0 Å². The molecule has 0 saturated carbocycles. The molecule has 1 aliphatic carbocycles. The molecule has 1 aromatic carbocycles. The van der Waals surface area contributed by atoms with Crippen molar-refractivity contribution < 1.29 is 13.2 Å². The number of sulfone groups is 1. The van der Waals surface area contributed by atoms with Crippen LogP contribution in [0.2, 0.25) is 0 Å². The van der Waals surface area contributed by atoms with Gasteiger partial charge in [0.15, 0.2) is 9.84 Å². The lowest BCUT2D eigenvalue weighted by Crippen LogP contribution is -2.28. The highest BCUT2D eigenvalue weighted by Crippen LogP contribution is 2.21. The Balaban J connectivity index is 1.74. The smallest absolute Gasteiger partial charge is 0.244 e. The number of carbonyl (C=O) groups is 1. The fourth-order valence-electron chi connectivity index (χ4n) is 3.09. The Hall–Kier alpha value is -1.69. The minimum Gasteiger partial charge on any atom is -0.273 e. The highest BCUT2D eigenvalue weighted by atomic mass is 32.2. The van der Waals surface area contributed by atoms with E-state index in [0.717, 1.165) is 37.0 Å². The molecule has 0 spiro atoms. The van der Waals surface area contributed by atoms with Crippen LogP contribution in [0.3, 0.4) is 0 Å². The lowest BCUT2D eigenvalue weighted by Gasteiger charge is -2.09. The minimum absolute atomic E-state index is 0.0553. The fourth-order valence-corrected chi connectivity index (χ4v) is 4.84. The fraction of sp³-hybridized carbons (Fsp3) is 0.500. The standard InChI is InChI=1S/C16H20N2O3S/c19-16(13-9-10-22(20,21)11-13)18-17-15-8-4-2-6-12-5-1-3-7-14(12)15/h1,3,5,7,13H,2,4,6,8-11H2,(H,18,19)/b17-15+/t13-/m0/s1. The molecular formula is C16H20N2O3S. The summed E-state index contributed by atoms with van der Waals surface area (Å²) in [4.78, 5) is 12.1. The maximum atomic E-state index is 12.1. The van der Waals surface area contributed by atoms with E-state index >= 15 is 0 Å². The maximum absolute atomic E-state index is 12.1. The van der Waals surface area contributed by atoms with Crippen molar-refractivity contribution in [2.45, 2.75) is 32.1 Å². The first-order valence-corrected chi connectivity index (χ1v) is 9.52. The van der Waals surface area contributed by atoms with Crippen LogP contribution < -0.4 is 5.43 Å². The molecular weight excluding hydrogens is 300 g/mol. The first-order chi connectivity index (χ1) is 10.6. The molecule has 22 heavy (non-hydrogen) atoms. The van der Waals surface area contributed by atoms with Crippen LogP contribution in [0, 0.1) is 5.92 Å². The SMILES string of the molecule is O=C(N/N=C1\CCCCc2ccccc21)[C@H]1CCS(=O)(=O)C1. The molecule has 1 N–H and O–H groups in total. The number of hydrazone groups is 1. The average molecular weight is 320 g/mol. The Labute approximate surface area is 130 Å². The summed E-state index contributed by atoms with van der Waals surface area (Å²) in [7, 11) is -3.05. The third kappa shape index (κ3) is 3.38. The van der Waals surface area contributed by atoms with E-state index in [0.29, 0.717) is 6.42 Å². The van der Waals surface area contributed by atoms with Crippen LogP contribution in [0.1, 0.15) is 36.8 Å². The number of nitrogens with one attached hydrogen (secondary N) is 1. The van der Waals surface area contributed by atoms with Crippen LogP contribution in [-0.2, 0) is 21.1 Å².